The summed E-state index contributed by atoms with van der Waals surface area (Å²) < 4.78 is 0. The Balaban J connectivity index is 1.34. The highest BCUT2D eigenvalue weighted by atomic mass is 32.2. The smallest absolute Gasteiger partial charge is 0.255 e. The lowest BCUT2D eigenvalue weighted by atomic mass is 10.1. The van der Waals surface area contributed by atoms with Crippen LogP contribution in [0.15, 0.2) is 52.7 Å². The summed E-state index contributed by atoms with van der Waals surface area (Å²) in [6, 6.07) is 14.1. The lowest BCUT2D eigenvalue weighted by molar-refractivity contribution is 0.102. The van der Waals surface area contributed by atoms with Gasteiger partial charge in [0.2, 0.25) is 0 Å². The molecule has 1 aliphatic rings. The van der Waals surface area contributed by atoms with Crippen molar-refractivity contribution in [3.8, 4) is 0 Å². The zero-order valence-electron chi connectivity index (χ0n) is 18.9. The second-order valence-corrected chi connectivity index (χ2v) is 10.2. The summed E-state index contributed by atoms with van der Waals surface area (Å²) >= 11 is 3.41. The van der Waals surface area contributed by atoms with Crippen LogP contribution in [0.5, 0.6) is 0 Å². The second kappa shape index (κ2) is 10.5. The van der Waals surface area contributed by atoms with Gasteiger partial charge in [0.1, 0.15) is 0 Å². The molecule has 2 aromatic carbocycles. The van der Waals surface area contributed by atoms with Gasteiger partial charge < -0.3 is 15.1 Å². The highest BCUT2D eigenvalue weighted by Gasteiger charge is 2.17. The normalized spacial score (nSPS) is 14.5. The maximum Gasteiger partial charge on any atom is 0.255 e. The number of aromatic nitrogens is 1. The van der Waals surface area contributed by atoms with Gasteiger partial charge in [0, 0.05) is 59.1 Å². The molecule has 0 spiro atoms. The summed E-state index contributed by atoms with van der Waals surface area (Å²) in [5.41, 5.74) is 4.94. The molecule has 1 aliphatic heterocycles. The van der Waals surface area contributed by atoms with Crippen LogP contribution in [0.25, 0.3) is 0 Å². The minimum Gasteiger partial charge on any atom is -0.369 e. The summed E-state index contributed by atoms with van der Waals surface area (Å²) in [7, 11) is 0. The number of anilines is 2. The van der Waals surface area contributed by atoms with Crippen molar-refractivity contribution in [3.05, 3.63) is 69.7 Å². The quantitative estimate of drug-likeness (QED) is 0.470. The zero-order valence-corrected chi connectivity index (χ0v) is 20.6. The molecule has 0 aliphatic carbocycles. The highest BCUT2D eigenvalue weighted by molar-refractivity contribution is 7.98. The van der Waals surface area contributed by atoms with Crippen molar-refractivity contribution in [2.24, 2.45) is 0 Å². The van der Waals surface area contributed by atoms with Crippen molar-refractivity contribution in [2.45, 2.75) is 31.4 Å². The van der Waals surface area contributed by atoms with Crippen LogP contribution in [-0.2, 0) is 5.75 Å². The van der Waals surface area contributed by atoms with E-state index in [1.54, 1.807) is 23.1 Å². The number of aryl methyl sites for hydroxylation is 2. The third-order valence-electron chi connectivity index (χ3n) is 5.81. The SMILES string of the molecule is CCN1CCN(c2ccc(NC(=O)c3ccc(SCc4csc(C)n4)cc3)c(C)c2)CC1. The van der Waals surface area contributed by atoms with Crippen molar-refractivity contribution in [1.29, 1.82) is 0 Å². The first-order valence-electron chi connectivity index (χ1n) is 11.0. The average Bonchev–Trinajstić information content (AvgIpc) is 3.24. The predicted octanol–water partition coefficient (Wildman–Crippen LogP) is 5.45. The molecule has 7 heteroatoms. The molecule has 0 atom stereocenters. The van der Waals surface area contributed by atoms with Gasteiger partial charge in [-0.3, -0.25) is 4.79 Å². The van der Waals surface area contributed by atoms with Crippen molar-refractivity contribution in [3.63, 3.8) is 0 Å². The van der Waals surface area contributed by atoms with E-state index in [2.05, 4.69) is 51.5 Å². The molecule has 1 aromatic heterocycles. The van der Waals surface area contributed by atoms with Crippen molar-refractivity contribution < 1.29 is 4.79 Å². The lowest BCUT2D eigenvalue weighted by Gasteiger charge is -2.35. The van der Waals surface area contributed by atoms with Crippen LogP contribution >= 0.6 is 23.1 Å². The average molecular weight is 467 g/mol. The third kappa shape index (κ3) is 5.71. The number of carbonyl (C=O) groups excluding carboxylic acids is 1. The maximum absolute atomic E-state index is 12.8. The number of likely N-dealkylation sites (N-methyl/N-ethyl adjacent to an activating group) is 1. The standard InChI is InChI=1S/C25H30N4OS2/c1-4-28-11-13-29(14-12-28)22-7-10-24(18(2)15-22)27-25(30)20-5-8-23(9-6-20)32-17-21-16-31-19(3)26-21/h5-10,15-16H,4,11-14,17H2,1-3H3,(H,27,30). The predicted molar refractivity (Wildman–Crippen MR) is 136 cm³/mol. The number of rotatable bonds is 7. The fraction of sp³-hybridized carbons (Fsp3) is 0.360. The van der Waals surface area contributed by atoms with E-state index in [1.165, 1.54) is 5.69 Å². The number of hydrogen-bond donors (Lipinski definition) is 1. The second-order valence-electron chi connectivity index (χ2n) is 8.05. The monoisotopic (exact) mass is 466 g/mol. The van der Waals surface area contributed by atoms with E-state index in [-0.39, 0.29) is 5.91 Å². The fourth-order valence-electron chi connectivity index (χ4n) is 3.84. The number of piperazine rings is 1. The Morgan fingerprint density at radius 1 is 1.09 bits per heavy atom. The number of nitrogens with one attached hydrogen (secondary N) is 1. The van der Waals surface area contributed by atoms with Crippen LogP contribution in [0.1, 0.15) is 33.5 Å². The number of carbonyl (C=O) groups is 1. The van der Waals surface area contributed by atoms with Gasteiger partial charge in [-0.1, -0.05) is 6.92 Å². The third-order valence-corrected chi connectivity index (χ3v) is 7.68. The number of benzene rings is 2. The lowest BCUT2D eigenvalue weighted by Crippen LogP contribution is -2.46. The molecule has 1 saturated heterocycles. The zero-order chi connectivity index (χ0) is 22.5. The topological polar surface area (TPSA) is 48.5 Å². The number of thioether (sulfide) groups is 1. The molecular weight excluding hydrogens is 436 g/mol. The van der Waals surface area contributed by atoms with Gasteiger partial charge in [0.15, 0.2) is 0 Å². The fourth-order valence-corrected chi connectivity index (χ4v) is 5.34. The molecular formula is C25H30N4OS2. The van der Waals surface area contributed by atoms with E-state index < -0.39 is 0 Å². The Bertz CT molecular complexity index is 1060. The highest BCUT2D eigenvalue weighted by Crippen LogP contribution is 2.26. The molecule has 0 radical (unpaired) electrons. The number of amides is 1. The van der Waals surface area contributed by atoms with Gasteiger partial charge in [-0.05, 0) is 68.4 Å². The molecule has 2 heterocycles. The van der Waals surface area contributed by atoms with Crippen LogP contribution in [-0.4, -0.2) is 48.5 Å². The van der Waals surface area contributed by atoms with Gasteiger partial charge in [0.25, 0.3) is 5.91 Å². The summed E-state index contributed by atoms with van der Waals surface area (Å²) in [4.78, 5) is 23.3. The largest absolute Gasteiger partial charge is 0.369 e. The van der Waals surface area contributed by atoms with Crippen LogP contribution in [0.3, 0.4) is 0 Å². The minimum atomic E-state index is -0.0795. The Morgan fingerprint density at radius 3 is 2.47 bits per heavy atom. The summed E-state index contributed by atoms with van der Waals surface area (Å²) in [6.07, 6.45) is 0. The van der Waals surface area contributed by atoms with E-state index in [1.807, 2.05) is 37.3 Å². The molecule has 1 fully saturated rings. The van der Waals surface area contributed by atoms with Gasteiger partial charge in [-0.25, -0.2) is 4.98 Å². The Hall–Kier alpha value is -2.35. The van der Waals surface area contributed by atoms with E-state index in [0.717, 1.165) is 65.3 Å². The van der Waals surface area contributed by atoms with Gasteiger partial charge >= 0.3 is 0 Å². The van der Waals surface area contributed by atoms with E-state index >= 15 is 0 Å². The molecule has 0 unspecified atom stereocenters. The van der Waals surface area contributed by atoms with Gasteiger partial charge in [0.05, 0.1) is 10.7 Å². The molecule has 168 valence electrons. The number of nitrogens with zero attached hydrogens (tertiary/aromatic N) is 3. The number of hydrogen-bond acceptors (Lipinski definition) is 6. The molecule has 32 heavy (non-hydrogen) atoms. The molecule has 0 saturated carbocycles. The molecule has 0 bridgehead atoms. The van der Waals surface area contributed by atoms with Crippen molar-refractivity contribution in [2.75, 3.05) is 42.9 Å². The Morgan fingerprint density at radius 2 is 1.84 bits per heavy atom. The maximum atomic E-state index is 12.8. The van der Waals surface area contributed by atoms with E-state index in [9.17, 15) is 4.79 Å². The van der Waals surface area contributed by atoms with Crippen molar-refractivity contribution >= 4 is 40.4 Å². The first kappa shape index (κ1) is 22.8. The van der Waals surface area contributed by atoms with Crippen LogP contribution < -0.4 is 10.2 Å². The van der Waals surface area contributed by atoms with Crippen molar-refractivity contribution in [1.82, 2.24) is 9.88 Å². The van der Waals surface area contributed by atoms with Crippen LogP contribution in [0.4, 0.5) is 11.4 Å². The molecule has 5 nitrogen and oxygen atoms in total. The van der Waals surface area contributed by atoms with Gasteiger partial charge in [-0.2, -0.15) is 0 Å². The Labute approximate surface area is 198 Å². The van der Waals surface area contributed by atoms with E-state index in [4.69, 9.17) is 0 Å². The summed E-state index contributed by atoms with van der Waals surface area (Å²) in [5, 5.41) is 6.26. The Kier molecular flexibility index (Phi) is 7.50. The molecule has 4 rings (SSSR count). The molecule has 1 amide bonds. The summed E-state index contributed by atoms with van der Waals surface area (Å²) in [6.45, 7) is 11.7. The van der Waals surface area contributed by atoms with E-state index in [0.29, 0.717) is 5.56 Å². The first-order valence-corrected chi connectivity index (χ1v) is 12.9. The van der Waals surface area contributed by atoms with Crippen LogP contribution in [0, 0.1) is 13.8 Å². The van der Waals surface area contributed by atoms with Crippen LogP contribution in [0.2, 0.25) is 0 Å². The minimum absolute atomic E-state index is 0.0795. The number of thiazole rings is 1. The molecule has 1 N–H and O–H groups in total. The summed E-state index contributed by atoms with van der Waals surface area (Å²) in [5.74, 6) is 0.763. The van der Waals surface area contributed by atoms with Gasteiger partial charge in [-0.15, -0.1) is 23.1 Å². The first-order chi connectivity index (χ1) is 15.5. The molecule has 3 aromatic rings.